The number of nitrogens with zero attached hydrogens (tertiary/aromatic N) is 1. The zero-order valence-electron chi connectivity index (χ0n) is 12.2. The van der Waals surface area contributed by atoms with Crippen molar-refractivity contribution in [1.29, 1.82) is 0 Å². The number of fused-ring (bicyclic) bond motifs is 2. The highest BCUT2D eigenvalue weighted by Crippen LogP contribution is 2.53. The molecule has 22 heavy (non-hydrogen) atoms. The third-order valence-corrected chi connectivity index (χ3v) is 6.00. The van der Waals surface area contributed by atoms with Crippen molar-refractivity contribution in [3.8, 4) is 0 Å². The van der Waals surface area contributed by atoms with E-state index >= 15 is 0 Å². The van der Waals surface area contributed by atoms with Gasteiger partial charge in [0, 0.05) is 30.9 Å². The molecule has 2 heterocycles. The summed E-state index contributed by atoms with van der Waals surface area (Å²) in [7, 11) is 0. The molecule has 2 N–H and O–H groups in total. The first kappa shape index (κ1) is 14.6. The zero-order chi connectivity index (χ0) is 15.2. The largest absolute Gasteiger partial charge is 0.379 e. The van der Waals surface area contributed by atoms with Crippen LogP contribution in [0, 0.1) is 0 Å². The van der Waals surface area contributed by atoms with E-state index in [1.165, 1.54) is 0 Å². The van der Waals surface area contributed by atoms with Gasteiger partial charge in [0.2, 0.25) is 5.91 Å². The normalized spacial score (nSPS) is 23.0. The Morgan fingerprint density at radius 3 is 2.77 bits per heavy atom. The van der Waals surface area contributed by atoms with Crippen molar-refractivity contribution in [2.24, 2.45) is 0 Å². The second kappa shape index (κ2) is 5.60. The maximum Gasteiger partial charge on any atom is 0.235 e. The fourth-order valence-electron chi connectivity index (χ4n) is 3.31. The van der Waals surface area contributed by atoms with Gasteiger partial charge in [-0.25, -0.2) is 4.31 Å². The predicted molar refractivity (Wildman–Crippen MR) is 89.2 cm³/mol. The van der Waals surface area contributed by atoms with Crippen molar-refractivity contribution in [3.63, 3.8) is 0 Å². The van der Waals surface area contributed by atoms with Crippen LogP contribution in [0.25, 0.3) is 0 Å². The van der Waals surface area contributed by atoms with Crippen LogP contribution in [0.5, 0.6) is 0 Å². The van der Waals surface area contributed by atoms with Crippen molar-refractivity contribution >= 4 is 41.0 Å². The summed E-state index contributed by atoms with van der Waals surface area (Å²) in [6, 6.07) is 3.96. The summed E-state index contributed by atoms with van der Waals surface area (Å²) in [4.78, 5) is 12.3. The lowest BCUT2D eigenvalue weighted by Gasteiger charge is -2.36. The number of hydrogen-bond acceptors (Lipinski definition) is 5. The molecule has 1 aromatic rings. The van der Waals surface area contributed by atoms with E-state index < -0.39 is 0 Å². The Hall–Kier alpha value is -0.950. The van der Waals surface area contributed by atoms with Crippen molar-refractivity contribution in [1.82, 2.24) is 4.31 Å². The van der Waals surface area contributed by atoms with E-state index in [4.69, 9.17) is 16.3 Å². The summed E-state index contributed by atoms with van der Waals surface area (Å²) in [5, 5.41) is 3.57. The average Bonchev–Trinajstić information content (AvgIpc) is 2.79. The molecule has 1 saturated heterocycles. The summed E-state index contributed by atoms with van der Waals surface area (Å²) < 4.78 is 10.9. The molecule has 1 spiro atoms. The summed E-state index contributed by atoms with van der Waals surface area (Å²) in [5.41, 5.74) is 2.47. The molecule has 1 aliphatic carbocycles. The number of morpholine rings is 1. The molecule has 5 nitrogen and oxygen atoms in total. The Bertz CT molecular complexity index is 615. The number of carbonyl (C=O) groups is 1. The summed E-state index contributed by atoms with van der Waals surface area (Å²) in [5.74, 6) is 0.105. The molecule has 0 atom stereocenters. The van der Waals surface area contributed by atoms with E-state index in [9.17, 15) is 4.79 Å². The molecule has 0 bridgehead atoms. The molecule has 118 valence electrons. The highest BCUT2D eigenvalue weighted by atomic mass is 35.5. The third kappa shape index (κ3) is 2.29. The minimum atomic E-state index is -0.333. The van der Waals surface area contributed by atoms with Crippen molar-refractivity contribution in [2.75, 3.05) is 36.3 Å². The lowest BCUT2D eigenvalue weighted by atomic mass is 9.65. The van der Waals surface area contributed by atoms with Crippen LogP contribution in [0.15, 0.2) is 12.1 Å². The SMILES string of the molecule is O=C1Nc2c(Cl)cc(NSN3CCOCC3)cc2C12CCC2. The lowest BCUT2D eigenvalue weighted by Crippen LogP contribution is -2.40. The maximum atomic E-state index is 12.3. The molecule has 1 saturated carbocycles. The lowest BCUT2D eigenvalue weighted by molar-refractivity contribution is -0.123. The minimum absolute atomic E-state index is 0.105. The fourth-order valence-corrected chi connectivity index (χ4v) is 4.26. The Morgan fingerprint density at radius 2 is 2.09 bits per heavy atom. The first-order chi connectivity index (χ1) is 10.7. The van der Waals surface area contributed by atoms with E-state index in [1.807, 2.05) is 6.07 Å². The number of rotatable bonds is 3. The van der Waals surface area contributed by atoms with Gasteiger partial charge in [-0.15, -0.1) is 0 Å². The zero-order valence-corrected chi connectivity index (χ0v) is 13.7. The van der Waals surface area contributed by atoms with Gasteiger partial charge in [0.05, 0.1) is 29.3 Å². The van der Waals surface area contributed by atoms with Crippen LogP contribution in [-0.4, -0.2) is 36.5 Å². The standard InChI is InChI=1S/C15H18ClN3O2S/c16-12-9-10(18-22-19-4-6-21-7-5-19)8-11-13(12)17-14(20)15(11)2-1-3-15/h8-9,18H,1-7H2,(H,17,20). The van der Waals surface area contributed by atoms with Gasteiger partial charge < -0.3 is 14.8 Å². The van der Waals surface area contributed by atoms with Crippen LogP contribution < -0.4 is 10.0 Å². The average molecular weight is 340 g/mol. The molecule has 0 aromatic heterocycles. The van der Waals surface area contributed by atoms with Gasteiger partial charge >= 0.3 is 0 Å². The number of amides is 1. The summed E-state index contributed by atoms with van der Waals surface area (Å²) in [6.07, 6.45) is 2.94. The van der Waals surface area contributed by atoms with Crippen LogP contribution in [0.1, 0.15) is 24.8 Å². The van der Waals surface area contributed by atoms with Gasteiger partial charge in [-0.05, 0) is 30.5 Å². The van der Waals surface area contributed by atoms with E-state index in [1.54, 1.807) is 12.1 Å². The van der Waals surface area contributed by atoms with Gasteiger partial charge in [-0.1, -0.05) is 18.0 Å². The smallest absolute Gasteiger partial charge is 0.235 e. The van der Waals surface area contributed by atoms with E-state index in [2.05, 4.69) is 20.4 Å². The van der Waals surface area contributed by atoms with E-state index in [0.717, 1.165) is 62.5 Å². The van der Waals surface area contributed by atoms with Gasteiger partial charge in [0.1, 0.15) is 0 Å². The number of ether oxygens (including phenoxy) is 1. The molecular formula is C15H18ClN3O2S. The number of hydrogen-bond donors (Lipinski definition) is 2. The third-order valence-electron chi connectivity index (χ3n) is 4.75. The minimum Gasteiger partial charge on any atom is -0.379 e. The molecule has 0 unspecified atom stereocenters. The van der Waals surface area contributed by atoms with Gasteiger partial charge in [0.15, 0.2) is 0 Å². The highest BCUT2D eigenvalue weighted by Gasteiger charge is 2.51. The molecule has 4 rings (SSSR count). The van der Waals surface area contributed by atoms with Crippen LogP contribution >= 0.6 is 23.7 Å². The predicted octanol–water partition coefficient (Wildman–Crippen LogP) is 3.02. The van der Waals surface area contributed by atoms with Crippen LogP contribution in [0.2, 0.25) is 5.02 Å². The first-order valence-corrected chi connectivity index (χ1v) is 8.75. The molecule has 7 heteroatoms. The molecule has 1 amide bonds. The summed E-state index contributed by atoms with van der Waals surface area (Å²) >= 11 is 7.94. The van der Waals surface area contributed by atoms with Crippen molar-refractivity contribution < 1.29 is 9.53 Å². The maximum absolute atomic E-state index is 12.3. The number of nitrogens with one attached hydrogen (secondary N) is 2. The summed E-state index contributed by atoms with van der Waals surface area (Å²) in [6.45, 7) is 3.34. The number of anilines is 2. The molecule has 2 fully saturated rings. The van der Waals surface area contributed by atoms with Crippen LogP contribution in [0.3, 0.4) is 0 Å². The number of halogens is 1. The second-order valence-corrected chi connectivity index (χ2v) is 7.32. The van der Waals surface area contributed by atoms with E-state index in [0.29, 0.717) is 5.02 Å². The number of carbonyl (C=O) groups excluding carboxylic acids is 1. The Balaban J connectivity index is 1.55. The Morgan fingerprint density at radius 1 is 1.32 bits per heavy atom. The van der Waals surface area contributed by atoms with Crippen molar-refractivity contribution in [2.45, 2.75) is 24.7 Å². The van der Waals surface area contributed by atoms with Gasteiger partial charge in [-0.3, -0.25) is 4.79 Å². The van der Waals surface area contributed by atoms with Crippen molar-refractivity contribution in [3.05, 3.63) is 22.7 Å². The van der Waals surface area contributed by atoms with Gasteiger partial charge in [-0.2, -0.15) is 0 Å². The molecule has 3 aliphatic rings. The monoisotopic (exact) mass is 339 g/mol. The fraction of sp³-hybridized carbons (Fsp3) is 0.533. The molecule has 0 radical (unpaired) electrons. The second-order valence-electron chi connectivity index (χ2n) is 6.01. The topological polar surface area (TPSA) is 53.6 Å². The molecular weight excluding hydrogens is 322 g/mol. The quantitative estimate of drug-likeness (QED) is 0.829. The van der Waals surface area contributed by atoms with E-state index in [-0.39, 0.29) is 11.3 Å². The Labute approximate surface area is 139 Å². The van der Waals surface area contributed by atoms with Crippen LogP contribution in [-0.2, 0) is 14.9 Å². The number of benzene rings is 1. The highest BCUT2D eigenvalue weighted by molar-refractivity contribution is 7.98. The molecule has 1 aromatic carbocycles. The first-order valence-electron chi connectivity index (χ1n) is 7.60. The van der Waals surface area contributed by atoms with Gasteiger partial charge in [0.25, 0.3) is 0 Å². The van der Waals surface area contributed by atoms with Crippen LogP contribution in [0.4, 0.5) is 11.4 Å². The Kier molecular flexibility index (Phi) is 3.72. The molecule has 2 aliphatic heterocycles.